The molecule has 0 saturated carbocycles. The second-order valence-electron chi connectivity index (χ2n) is 4.25. The molecule has 0 bridgehead atoms. The van der Waals surface area contributed by atoms with E-state index in [1.54, 1.807) is 0 Å². The highest BCUT2D eigenvalue weighted by atomic mass is 15.1. The molecule has 0 aliphatic rings. The lowest BCUT2D eigenvalue weighted by atomic mass is 10.0. The molecule has 1 aromatic rings. The van der Waals surface area contributed by atoms with Crippen molar-refractivity contribution in [3.8, 4) is 0 Å². The summed E-state index contributed by atoms with van der Waals surface area (Å²) in [6.45, 7) is 8.53. The van der Waals surface area contributed by atoms with Gasteiger partial charge >= 0.3 is 0 Å². The molecule has 1 aromatic heterocycles. The van der Waals surface area contributed by atoms with E-state index in [0.29, 0.717) is 12.0 Å². The Morgan fingerprint density at radius 2 is 1.88 bits per heavy atom. The summed E-state index contributed by atoms with van der Waals surface area (Å²) >= 11 is 0. The molecule has 0 saturated heterocycles. The first-order chi connectivity index (χ1) is 7.56. The van der Waals surface area contributed by atoms with E-state index in [-0.39, 0.29) is 0 Å². The Morgan fingerprint density at radius 3 is 2.44 bits per heavy atom. The quantitative estimate of drug-likeness (QED) is 0.804. The molecule has 16 heavy (non-hydrogen) atoms. The minimum Gasteiger partial charge on any atom is -0.373 e. The minimum atomic E-state index is 0.420. The average Bonchev–Trinajstić information content (AvgIpc) is 2.26. The van der Waals surface area contributed by atoms with Crippen molar-refractivity contribution in [3.63, 3.8) is 0 Å². The Morgan fingerprint density at radius 1 is 1.25 bits per heavy atom. The summed E-state index contributed by atoms with van der Waals surface area (Å²) in [5.41, 5.74) is 0. The maximum absolute atomic E-state index is 4.38. The number of hydrogen-bond donors (Lipinski definition) is 2. The van der Waals surface area contributed by atoms with Crippen LogP contribution in [0.25, 0.3) is 0 Å². The van der Waals surface area contributed by atoms with E-state index < -0.39 is 0 Å². The standard InChI is InChI=1S/C12H22N4/c1-6-8(2)9(3)14-12-7-11(13-5)15-10(4)16-12/h7-9H,6H2,1-5H3,(H2,13,14,15,16). The first kappa shape index (κ1) is 12.7. The van der Waals surface area contributed by atoms with Gasteiger partial charge in [0.1, 0.15) is 17.5 Å². The summed E-state index contributed by atoms with van der Waals surface area (Å²) in [4.78, 5) is 8.64. The van der Waals surface area contributed by atoms with Crippen molar-refractivity contribution in [3.05, 3.63) is 11.9 Å². The van der Waals surface area contributed by atoms with Crippen LogP contribution < -0.4 is 10.6 Å². The van der Waals surface area contributed by atoms with Gasteiger partial charge in [0.2, 0.25) is 0 Å². The van der Waals surface area contributed by atoms with Crippen LogP contribution in [0.1, 0.15) is 33.0 Å². The van der Waals surface area contributed by atoms with Crippen LogP contribution in [0.4, 0.5) is 11.6 Å². The van der Waals surface area contributed by atoms with Gasteiger partial charge in [0.25, 0.3) is 0 Å². The van der Waals surface area contributed by atoms with E-state index in [4.69, 9.17) is 0 Å². The molecular weight excluding hydrogens is 200 g/mol. The summed E-state index contributed by atoms with van der Waals surface area (Å²) in [6, 6.07) is 2.36. The van der Waals surface area contributed by atoms with E-state index >= 15 is 0 Å². The number of anilines is 2. The molecular formula is C12H22N4. The van der Waals surface area contributed by atoms with Crippen LogP contribution in [-0.2, 0) is 0 Å². The highest BCUT2D eigenvalue weighted by Crippen LogP contribution is 2.15. The molecule has 2 unspecified atom stereocenters. The number of nitrogens with zero attached hydrogens (tertiary/aromatic N) is 2. The van der Waals surface area contributed by atoms with Crippen LogP contribution in [0.3, 0.4) is 0 Å². The zero-order valence-electron chi connectivity index (χ0n) is 10.8. The van der Waals surface area contributed by atoms with Crippen LogP contribution >= 0.6 is 0 Å². The van der Waals surface area contributed by atoms with Crippen molar-refractivity contribution in [2.45, 2.75) is 40.2 Å². The first-order valence-electron chi connectivity index (χ1n) is 5.86. The molecule has 1 rings (SSSR count). The van der Waals surface area contributed by atoms with Crippen LogP contribution in [0.2, 0.25) is 0 Å². The predicted octanol–water partition coefficient (Wildman–Crippen LogP) is 2.67. The van der Waals surface area contributed by atoms with Gasteiger partial charge in [0.05, 0.1) is 0 Å². The molecule has 2 N–H and O–H groups in total. The van der Waals surface area contributed by atoms with Gasteiger partial charge < -0.3 is 10.6 Å². The van der Waals surface area contributed by atoms with Crippen molar-refractivity contribution in [1.29, 1.82) is 0 Å². The molecule has 2 atom stereocenters. The fraction of sp³-hybridized carbons (Fsp3) is 0.667. The number of rotatable bonds is 5. The third-order valence-corrected chi connectivity index (χ3v) is 2.97. The molecule has 0 amide bonds. The van der Waals surface area contributed by atoms with Crippen molar-refractivity contribution in [2.24, 2.45) is 5.92 Å². The topological polar surface area (TPSA) is 49.8 Å². The SMILES string of the molecule is CCC(C)C(C)Nc1cc(NC)nc(C)n1. The molecule has 0 aliphatic carbocycles. The maximum Gasteiger partial charge on any atom is 0.132 e. The Hall–Kier alpha value is -1.32. The third-order valence-electron chi connectivity index (χ3n) is 2.97. The summed E-state index contributed by atoms with van der Waals surface area (Å²) in [7, 11) is 1.86. The van der Waals surface area contributed by atoms with Crippen molar-refractivity contribution in [1.82, 2.24) is 9.97 Å². The van der Waals surface area contributed by atoms with Gasteiger partial charge in [-0.2, -0.15) is 0 Å². The average molecular weight is 222 g/mol. The van der Waals surface area contributed by atoms with Gasteiger partial charge in [0, 0.05) is 19.2 Å². The Balaban J connectivity index is 2.76. The smallest absolute Gasteiger partial charge is 0.132 e. The van der Waals surface area contributed by atoms with Gasteiger partial charge in [-0.1, -0.05) is 20.3 Å². The normalized spacial score (nSPS) is 14.3. The second kappa shape index (κ2) is 5.68. The fourth-order valence-corrected chi connectivity index (χ4v) is 1.50. The lowest BCUT2D eigenvalue weighted by Gasteiger charge is -2.20. The molecule has 90 valence electrons. The van der Waals surface area contributed by atoms with Gasteiger partial charge in [-0.15, -0.1) is 0 Å². The maximum atomic E-state index is 4.38. The number of aromatic nitrogens is 2. The number of aryl methyl sites for hydroxylation is 1. The van der Waals surface area contributed by atoms with E-state index in [1.165, 1.54) is 0 Å². The van der Waals surface area contributed by atoms with E-state index in [2.05, 4.69) is 41.4 Å². The van der Waals surface area contributed by atoms with Gasteiger partial charge in [-0.25, -0.2) is 9.97 Å². The fourth-order valence-electron chi connectivity index (χ4n) is 1.50. The van der Waals surface area contributed by atoms with Crippen LogP contribution in [0, 0.1) is 12.8 Å². The first-order valence-corrected chi connectivity index (χ1v) is 5.86. The van der Waals surface area contributed by atoms with E-state index in [9.17, 15) is 0 Å². The van der Waals surface area contributed by atoms with Gasteiger partial charge in [0.15, 0.2) is 0 Å². The molecule has 4 heteroatoms. The summed E-state index contributed by atoms with van der Waals surface area (Å²) in [5, 5.41) is 6.45. The van der Waals surface area contributed by atoms with Crippen LogP contribution in [0.5, 0.6) is 0 Å². The minimum absolute atomic E-state index is 0.420. The predicted molar refractivity (Wildman–Crippen MR) is 68.9 cm³/mol. The summed E-state index contributed by atoms with van der Waals surface area (Å²) in [5.74, 6) is 3.16. The Kier molecular flexibility index (Phi) is 4.52. The van der Waals surface area contributed by atoms with Crippen LogP contribution in [-0.4, -0.2) is 23.1 Å². The largest absolute Gasteiger partial charge is 0.373 e. The zero-order chi connectivity index (χ0) is 12.1. The monoisotopic (exact) mass is 222 g/mol. The molecule has 4 nitrogen and oxygen atoms in total. The molecule has 0 radical (unpaired) electrons. The van der Waals surface area contributed by atoms with Crippen LogP contribution in [0.15, 0.2) is 6.07 Å². The second-order valence-corrected chi connectivity index (χ2v) is 4.25. The summed E-state index contributed by atoms with van der Waals surface area (Å²) in [6.07, 6.45) is 1.16. The van der Waals surface area contributed by atoms with E-state index in [0.717, 1.165) is 23.9 Å². The number of nitrogens with one attached hydrogen (secondary N) is 2. The van der Waals surface area contributed by atoms with Gasteiger partial charge in [-0.3, -0.25) is 0 Å². The molecule has 0 aliphatic heterocycles. The highest BCUT2D eigenvalue weighted by molar-refractivity contribution is 5.47. The third kappa shape index (κ3) is 3.36. The van der Waals surface area contributed by atoms with Crippen molar-refractivity contribution >= 4 is 11.6 Å². The lowest BCUT2D eigenvalue weighted by molar-refractivity contribution is 0.493. The molecule has 0 spiro atoms. The van der Waals surface area contributed by atoms with Crippen molar-refractivity contribution < 1.29 is 0 Å². The van der Waals surface area contributed by atoms with Crippen molar-refractivity contribution in [2.75, 3.05) is 17.7 Å². The molecule has 1 heterocycles. The van der Waals surface area contributed by atoms with Gasteiger partial charge in [-0.05, 0) is 19.8 Å². The Labute approximate surface area is 97.9 Å². The highest BCUT2D eigenvalue weighted by Gasteiger charge is 2.11. The zero-order valence-corrected chi connectivity index (χ0v) is 10.8. The van der Waals surface area contributed by atoms with E-state index in [1.807, 2.05) is 20.0 Å². The molecule has 0 aromatic carbocycles. The Bertz CT molecular complexity index is 338. The number of hydrogen-bond acceptors (Lipinski definition) is 4. The lowest BCUT2D eigenvalue weighted by Crippen LogP contribution is -2.24. The summed E-state index contributed by atoms with van der Waals surface area (Å²) < 4.78 is 0. The molecule has 0 fully saturated rings.